The van der Waals surface area contributed by atoms with Gasteiger partial charge in [0.05, 0.1) is 49.2 Å². The maximum Gasteiger partial charge on any atom is 0.407 e. The van der Waals surface area contributed by atoms with E-state index in [0.29, 0.717) is 24.7 Å². The van der Waals surface area contributed by atoms with Gasteiger partial charge < -0.3 is 39.9 Å². The van der Waals surface area contributed by atoms with Gasteiger partial charge in [0.2, 0.25) is 11.8 Å². The second kappa shape index (κ2) is 16.4. The molecule has 4 amide bonds. The smallest absolute Gasteiger partial charge is 0.407 e. The molecule has 14 nitrogen and oxygen atoms in total. The molecule has 0 bridgehead atoms. The first-order chi connectivity index (χ1) is 26.0. The molecule has 4 N–H and O–H groups in total. The first-order valence-electron chi connectivity index (χ1n) is 18.4. The van der Waals surface area contributed by atoms with Gasteiger partial charge in [-0.1, -0.05) is 51.7 Å². The number of carbonyl (C=O) groups is 4. The number of nitrogens with one attached hydrogen (secondary N) is 4. The molecule has 0 radical (unpaired) electrons. The Morgan fingerprint density at radius 1 is 0.759 bits per heavy atom. The van der Waals surface area contributed by atoms with E-state index in [1.54, 1.807) is 16.0 Å². The number of likely N-dealkylation sites (tertiary alicyclic amines) is 2. The fraction of sp³-hybridized carbons (Fsp3) is 0.450. The lowest BCUT2D eigenvalue weighted by Crippen LogP contribution is -2.51. The number of benzene rings is 2. The van der Waals surface area contributed by atoms with Gasteiger partial charge in [-0.2, -0.15) is 0 Å². The van der Waals surface area contributed by atoms with Crippen molar-refractivity contribution in [2.24, 2.45) is 11.8 Å². The zero-order valence-electron chi connectivity index (χ0n) is 31.6. The van der Waals surface area contributed by atoms with Gasteiger partial charge in [0, 0.05) is 24.2 Å². The van der Waals surface area contributed by atoms with Gasteiger partial charge in [-0.15, -0.1) is 0 Å². The predicted octanol–water partition coefficient (Wildman–Crippen LogP) is 5.44. The summed E-state index contributed by atoms with van der Waals surface area (Å²) in [6, 6.07) is 11.9. The van der Waals surface area contributed by atoms with E-state index in [9.17, 15) is 19.2 Å². The van der Waals surface area contributed by atoms with Crippen LogP contribution in [0, 0.1) is 23.7 Å². The fourth-order valence-corrected chi connectivity index (χ4v) is 7.18. The summed E-state index contributed by atoms with van der Waals surface area (Å²) in [5, 5.41) is 5.37. The van der Waals surface area contributed by atoms with Gasteiger partial charge in [-0.25, -0.2) is 19.6 Å². The standard InChI is InChI=1S/C40H48N8O6/c1-23(2)33(45-39(51)53-5)37(49)47-19-7-9-31(47)35-41-22-30(44-35)27-16-13-25(14-17-27)11-12-26-15-18-28-29(21-26)43-36(42-28)32-10-8-20-48(32)38(50)34(24(3)4)46-40(52)54-6/h13-18,21-24,31-34H,7-10,19-20H2,1-6H3,(H,41,44)(H,42,43)(H,45,51)(H,46,52)/t31-,32-,33?,34-/m0/s1. The van der Waals surface area contributed by atoms with Crippen LogP contribution >= 0.6 is 0 Å². The molecule has 2 saturated heterocycles. The van der Waals surface area contributed by atoms with Crippen LogP contribution in [0.15, 0.2) is 48.7 Å². The average molecular weight is 737 g/mol. The number of hydrogen-bond donors (Lipinski definition) is 4. The number of nitrogens with zero attached hydrogens (tertiary/aromatic N) is 4. The van der Waals surface area contributed by atoms with Crippen molar-refractivity contribution in [1.82, 2.24) is 40.4 Å². The highest BCUT2D eigenvalue weighted by Gasteiger charge is 2.39. The molecule has 2 aromatic heterocycles. The summed E-state index contributed by atoms with van der Waals surface area (Å²) < 4.78 is 9.49. The maximum absolute atomic E-state index is 13.5. The highest BCUT2D eigenvalue weighted by atomic mass is 16.5. The van der Waals surface area contributed by atoms with Crippen LogP contribution in [0.1, 0.15) is 88.2 Å². The summed E-state index contributed by atoms with van der Waals surface area (Å²) >= 11 is 0. The summed E-state index contributed by atoms with van der Waals surface area (Å²) in [6.45, 7) is 8.75. The van der Waals surface area contributed by atoms with Crippen molar-refractivity contribution in [3.05, 3.63) is 71.4 Å². The molecule has 4 aromatic rings. The van der Waals surface area contributed by atoms with Gasteiger partial charge in [0.25, 0.3) is 0 Å². The Bertz CT molecular complexity index is 2060. The molecule has 4 heterocycles. The van der Waals surface area contributed by atoms with Crippen molar-refractivity contribution < 1.29 is 28.7 Å². The van der Waals surface area contributed by atoms with Gasteiger partial charge in [0.15, 0.2) is 0 Å². The third kappa shape index (κ3) is 8.20. The molecule has 0 spiro atoms. The van der Waals surface area contributed by atoms with E-state index < -0.39 is 24.3 Å². The van der Waals surface area contributed by atoms with Crippen LogP contribution in [-0.4, -0.2) is 93.1 Å². The average Bonchev–Trinajstić information content (AvgIpc) is 4.00. The van der Waals surface area contributed by atoms with Crippen molar-refractivity contribution in [2.75, 3.05) is 27.3 Å². The van der Waals surface area contributed by atoms with Crippen LogP contribution in [-0.2, 0) is 19.1 Å². The molecule has 2 aliphatic rings. The second-order valence-corrected chi connectivity index (χ2v) is 14.5. The molecule has 14 heteroatoms. The Hall–Kier alpha value is -5.84. The Morgan fingerprint density at radius 3 is 1.85 bits per heavy atom. The lowest BCUT2D eigenvalue weighted by Gasteiger charge is -2.30. The zero-order valence-corrected chi connectivity index (χ0v) is 31.6. The zero-order chi connectivity index (χ0) is 38.5. The number of ether oxygens (including phenoxy) is 2. The van der Waals surface area contributed by atoms with Crippen molar-refractivity contribution >= 4 is 35.0 Å². The largest absolute Gasteiger partial charge is 0.453 e. The van der Waals surface area contributed by atoms with E-state index in [2.05, 4.69) is 37.4 Å². The number of amides is 4. The number of rotatable bonds is 9. The Balaban J connectivity index is 1.12. The lowest BCUT2D eigenvalue weighted by molar-refractivity contribution is -0.136. The molecule has 4 atom stereocenters. The number of fused-ring (bicyclic) bond motifs is 1. The van der Waals surface area contributed by atoms with E-state index in [4.69, 9.17) is 14.5 Å². The van der Waals surface area contributed by atoms with Crippen LogP contribution in [0.3, 0.4) is 0 Å². The highest BCUT2D eigenvalue weighted by Crippen LogP contribution is 2.34. The number of aromatic amines is 2. The number of H-pyrrole nitrogens is 2. The molecule has 2 aromatic carbocycles. The summed E-state index contributed by atoms with van der Waals surface area (Å²) in [5.41, 5.74) is 5.05. The number of alkyl carbamates (subject to hydrolysis) is 2. The number of imidazole rings is 2. The minimum atomic E-state index is -0.697. The summed E-state index contributed by atoms with van der Waals surface area (Å²) in [4.78, 5) is 70.8. The van der Waals surface area contributed by atoms with Crippen LogP contribution in [0.2, 0.25) is 0 Å². The Morgan fingerprint density at radius 2 is 1.30 bits per heavy atom. The SMILES string of the molecule is COC(=O)NC(C(=O)N1CCC[C@H]1c1ncc(-c2ccc(C#Cc3ccc4nc([C@@H]5CCCN5C(=O)[C@@H](NC(=O)OC)C(C)C)[nH]c4c3)cc2)[nH]1)C(C)C. The van der Waals surface area contributed by atoms with Crippen molar-refractivity contribution in [3.8, 4) is 23.1 Å². The quantitative estimate of drug-likeness (QED) is 0.164. The Labute approximate surface area is 314 Å². The normalized spacial score (nSPS) is 18.0. The molecule has 54 heavy (non-hydrogen) atoms. The van der Waals surface area contributed by atoms with E-state index in [-0.39, 0.29) is 35.7 Å². The third-order valence-electron chi connectivity index (χ3n) is 10.1. The van der Waals surface area contributed by atoms with Gasteiger partial charge in [-0.3, -0.25) is 9.59 Å². The summed E-state index contributed by atoms with van der Waals surface area (Å²) in [5.74, 6) is 7.40. The van der Waals surface area contributed by atoms with Gasteiger partial charge in [-0.05, 0) is 73.4 Å². The number of aromatic nitrogens is 4. The van der Waals surface area contributed by atoms with Crippen LogP contribution in [0.5, 0.6) is 0 Å². The maximum atomic E-state index is 13.5. The van der Waals surface area contributed by atoms with E-state index in [1.807, 2.05) is 70.2 Å². The second-order valence-electron chi connectivity index (χ2n) is 14.5. The molecule has 2 aliphatic heterocycles. The van der Waals surface area contributed by atoms with Crippen molar-refractivity contribution in [2.45, 2.75) is 77.5 Å². The van der Waals surface area contributed by atoms with Crippen LogP contribution < -0.4 is 10.6 Å². The molecule has 2 fully saturated rings. The number of carbonyl (C=O) groups excluding carboxylic acids is 4. The summed E-state index contributed by atoms with van der Waals surface area (Å²) in [7, 11) is 2.57. The van der Waals surface area contributed by atoms with Crippen LogP contribution in [0.25, 0.3) is 22.3 Å². The van der Waals surface area contributed by atoms with E-state index in [0.717, 1.165) is 59.1 Å². The van der Waals surface area contributed by atoms with Crippen LogP contribution in [0.4, 0.5) is 9.59 Å². The fourth-order valence-electron chi connectivity index (χ4n) is 7.18. The highest BCUT2D eigenvalue weighted by molar-refractivity contribution is 5.87. The number of methoxy groups -OCH3 is 2. The first kappa shape index (κ1) is 37.9. The van der Waals surface area contributed by atoms with Gasteiger partial charge in [0.1, 0.15) is 23.7 Å². The van der Waals surface area contributed by atoms with Crippen molar-refractivity contribution in [3.63, 3.8) is 0 Å². The van der Waals surface area contributed by atoms with E-state index >= 15 is 0 Å². The minimum absolute atomic E-state index is 0.109. The predicted molar refractivity (Wildman–Crippen MR) is 202 cm³/mol. The molecule has 284 valence electrons. The minimum Gasteiger partial charge on any atom is -0.453 e. The molecular formula is C40H48N8O6. The Kier molecular flexibility index (Phi) is 11.5. The summed E-state index contributed by atoms with van der Waals surface area (Å²) in [6.07, 6.45) is 3.74. The molecule has 6 rings (SSSR count). The molecule has 0 aliphatic carbocycles. The monoisotopic (exact) mass is 736 g/mol. The first-order valence-corrected chi connectivity index (χ1v) is 18.4. The third-order valence-corrected chi connectivity index (χ3v) is 10.1. The molecule has 1 unspecified atom stereocenters. The van der Waals surface area contributed by atoms with Gasteiger partial charge >= 0.3 is 12.2 Å². The number of hydrogen-bond acceptors (Lipinski definition) is 8. The topological polar surface area (TPSA) is 175 Å². The molecular weight excluding hydrogens is 688 g/mol. The molecule has 0 saturated carbocycles. The lowest BCUT2D eigenvalue weighted by atomic mass is 10.0. The van der Waals surface area contributed by atoms with Crippen molar-refractivity contribution in [1.29, 1.82) is 0 Å². The van der Waals surface area contributed by atoms with E-state index in [1.165, 1.54) is 14.2 Å².